The SMILES string of the molecule is C#CCC=C(C)C(C#C)OC(=O)C(c1csc2ccccc12)C(C)C. The summed E-state index contributed by atoms with van der Waals surface area (Å²) in [4.78, 5) is 12.9. The number of thiophene rings is 1. The van der Waals surface area contributed by atoms with Crippen molar-refractivity contribution in [2.45, 2.75) is 39.2 Å². The minimum Gasteiger partial charge on any atom is -0.444 e. The maximum absolute atomic E-state index is 12.9. The average molecular weight is 350 g/mol. The molecule has 0 aliphatic heterocycles. The molecule has 1 aromatic carbocycles. The molecule has 2 aromatic rings. The number of terminal acetylenes is 2. The molecule has 0 saturated heterocycles. The molecule has 0 amide bonds. The van der Waals surface area contributed by atoms with Gasteiger partial charge in [-0.25, -0.2) is 0 Å². The smallest absolute Gasteiger partial charge is 0.315 e. The zero-order valence-electron chi connectivity index (χ0n) is 14.8. The monoisotopic (exact) mass is 350 g/mol. The molecule has 2 rings (SSSR count). The largest absolute Gasteiger partial charge is 0.444 e. The van der Waals surface area contributed by atoms with E-state index in [4.69, 9.17) is 17.6 Å². The minimum absolute atomic E-state index is 0.0962. The first-order chi connectivity index (χ1) is 12.0. The lowest BCUT2D eigenvalue weighted by atomic mass is 9.88. The van der Waals surface area contributed by atoms with Crippen molar-refractivity contribution in [1.29, 1.82) is 0 Å². The van der Waals surface area contributed by atoms with Gasteiger partial charge in [-0.1, -0.05) is 44.0 Å². The van der Waals surface area contributed by atoms with Crippen LogP contribution in [0.25, 0.3) is 10.1 Å². The number of fused-ring (bicyclic) bond motifs is 1. The Kier molecular flexibility index (Phi) is 6.45. The lowest BCUT2D eigenvalue weighted by Crippen LogP contribution is -2.26. The first kappa shape index (κ1) is 18.8. The van der Waals surface area contributed by atoms with Crippen LogP contribution in [0.2, 0.25) is 0 Å². The predicted molar refractivity (Wildman–Crippen MR) is 105 cm³/mol. The summed E-state index contributed by atoms with van der Waals surface area (Å²) in [6.45, 7) is 5.87. The van der Waals surface area contributed by atoms with E-state index >= 15 is 0 Å². The first-order valence-electron chi connectivity index (χ1n) is 8.22. The summed E-state index contributed by atoms with van der Waals surface area (Å²) in [6.07, 6.45) is 12.4. The highest BCUT2D eigenvalue weighted by Crippen LogP contribution is 2.36. The Balaban J connectivity index is 2.30. The van der Waals surface area contributed by atoms with Crippen LogP contribution in [0, 0.1) is 30.6 Å². The number of carbonyl (C=O) groups is 1. The van der Waals surface area contributed by atoms with Crippen LogP contribution in [-0.4, -0.2) is 12.1 Å². The van der Waals surface area contributed by atoms with Crippen LogP contribution < -0.4 is 0 Å². The van der Waals surface area contributed by atoms with Gasteiger partial charge in [0.15, 0.2) is 6.10 Å². The van der Waals surface area contributed by atoms with Crippen molar-refractivity contribution >= 4 is 27.4 Å². The topological polar surface area (TPSA) is 26.3 Å². The lowest BCUT2D eigenvalue weighted by molar-refractivity contribution is -0.148. The molecule has 0 radical (unpaired) electrons. The molecule has 3 heteroatoms. The Morgan fingerprint density at radius 2 is 2.04 bits per heavy atom. The van der Waals surface area contributed by atoms with Gasteiger partial charge in [-0.05, 0) is 40.8 Å². The molecule has 0 aliphatic rings. The standard InChI is InChI=1S/C22H22O2S/c1-6-8-11-16(5)19(7-2)24-22(23)21(15(3)4)18-14-25-20-13-10-9-12-17(18)20/h1-2,9-15,19,21H,8H2,3-5H3. The van der Waals surface area contributed by atoms with Crippen LogP contribution in [0.4, 0.5) is 0 Å². The van der Waals surface area contributed by atoms with Crippen molar-refractivity contribution in [2.75, 3.05) is 0 Å². The molecule has 0 saturated carbocycles. The Morgan fingerprint density at radius 1 is 1.32 bits per heavy atom. The van der Waals surface area contributed by atoms with Gasteiger partial charge in [-0.15, -0.1) is 30.1 Å². The maximum atomic E-state index is 12.9. The van der Waals surface area contributed by atoms with E-state index in [2.05, 4.69) is 17.9 Å². The van der Waals surface area contributed by atoms with Gasteiger partial charge >= 0.3 is 5.97 Å². The molecule has 2 nitrogen and oxygen atoms in total. The van der Waals surface area contributed by atoms with Crippen LogP contribution in [0.3, 0.4) is 0 Å². The molecule has 0 spiro atoms. The molecular weight excluding hydrogens is 328 g/mol. The fourth-order valence-corrected chi connectivity index (χ4v) is 3.77. The van der Waals surface area contributed by atoms with Crippen molar-refractivity contribution in [3.05, 3.63) is 46.9 Å². The molecule has 0 fully saturated rings. The van der Waals surface area contributed by atoms with E-state index < -0.39 is 6.10 Å². The van der Waals surface area contributed by atoms with E-state index in [1.807, 2.05) is 50.4 Å². The van der Waals surface area contributed by atoms with Gasteiger partial charge < -0.3 is 4.74 Å². The van der Waals surface area contributed by atoms with Crippen molar-refractivity contribution in [1.82, 2.24) is 0 Å². The second kappa shape index (κ2) is 8.56. The number of rotatable bonds is 6. The molecule has 2 unspecified atom stereocenters. The van der Waals surface area contributed by atoms with Gasteiger partial charge in [0.05, 0.1) is 5.92 Å². The average Bonchev–Trinajstić information content (AvgIpc) is 3.01. The molecule has 1 heterocycles. The van der Waals surface area contributed by atoms with Gasteiger partial charge in [0, 0.05) is 11.1 Å². The molecule has 0 bridgehead atoms. The fraction of sp³-hybridized carbons (Fsp3) is 0.318. The van der Waals surface area contributed by atoms with E-state index in [0.29, 0.717) is 6.42 Å². The molecule has 1 aromatic heterocycles. The van der Waals surface area contributed by atoms with Gasteiger partial charge in [0.1, 0.15) is 0 Å². The summed E-state index contributed by atoms with van der Waals surface area (Å²) < 4.78 is 6.81. The van der Waals surface area contributed by atoms with Crippen LogP contribution in [0.5, 0.6) is 0 Å². The van der Waals surface area contributed by atoms with Crippen LogP contribution in [-0.2, 0) is 9.53 Å². The van der Waals surface area contributed by atoms with Crippen molar-refractivity contribution in [3.8, 4) is 24.7 Å². The number of allylic oxidation sites excluding steroid dienone is 1. The molecule has 2 atom stereocenters. The summed E-state index contributed by atoms with van der Waals surface area (Å²) in [5.41, 5.74) is 1.79. The van der Waals surface area contributed by atoms with Crippen LogP contribution >= 0.6 is 11.3 Å². The fourth-order valence-electron chi connectivity index (χ4n) is 2.77. The van der Waals surface area contributed by atoms with Crippen LogP contribution in [0.1, 0.15) is 38.7 Å². The zero-order chi connectivity index (χ0) is 18.4. The number of ether oxygens (including phenoxy) is 1. The Labute approximate surface area is 153 Å². The second-order valence-corrected chi connectivity index (χ2v) is 7.16. The quantitative estimate of drug-likeness (QED) is 0.409. The van der Waals surface area contributed by atoms with E-state index in [1.165, 1.54) is 0 Å². The van der Waals surface area contributed by atoms with Crippen molar-refractivity contribution in [2.24, 2.45) is 5.92 Å². The summed E-state index contributed by atoms with van der Waals surface area (Å²) in [6, 6.07) is 8.08. The van der Waals surface area contributed by atoms with Crippen molar-refractivity contribution in [3.63, 3.8) is 0 Å². The van der Waals surface area contributed by atoms with Gasteiger partial charge in [-0.2, -0.15) is 0 Å². The first-order valence-corrected chi connectivity index (χ1v) is 9.10. The number of hydrogen-bond acceptors (Lipinski definition) is 3. The van der Waals surface area contributed by atoms with E-state index in [1.54, 1.807) is 11.3 Å². The Hall–Kier alpha value is -2.49. The van der Waals surface area contributed by atoms with Crippen LogP contribution in [0.15, 0.2) is 41.3 Å². The zero-order valence-corrected chi connectivity index (χ0v) is 15.6. The van der Waals surface area contributed by atoms with E-state index in [-0.39, 0.29) is 17.8 Å². The third-order valence-corrected chi connectivity index (χ3v) is 5.09. The summed E-state index contributed by atoms with van der Waals surface area (Å²) in [7, 11) is 0. The number of benzene rings is 1. The third-order valence-electron chi connectivity index (χ3n) is 4.11. The Bertz CT molecular complexity index is 858. The van der Waals surface area contributed by atoms with Crippen molar-refractivity contribution < 1.29 is 9.53 Å². The van der Waals surface area contributed by atoms with E-state index in [9.17, 15) is 4.79 Å². The summed E-state index contributed by atoms with van der Waals surface area (Å²) in [5, 5.41) is 3.14. The summed E-state index contributed by atoms with van der Waals surface area (Å²) in [5.74, 6) is 4.52. The molecule has 0 aliphatic carbocycles. The molecule has 128 valence electrons. The normalized spacial score (nSPS) is 13.9. The number of esters is 1. The Morgan fingerprint density at radius 3 is 2.68 bits per heavy atom. The molecular formula is C22H22O2S. The highest BCUT2D eigenvalue weighted by Gasteiger charge is 2.30. The predicted octanol–water partition coefficient (Wildman–Crippen LogP) is 5.16. The summed E-state index contributed by atoms with van der Waals surface area (Å²) >= 11 is 1.64. The molecule has 25 heavy (non-hydrogen) atoms. The van der Waals surface area contributed by atoms with Gasteiger partial charge in [0.25, 0.3) is 0 Å². The number of hydrogen-bond donors (Lipinski definition) is 0. The third kappa shape index (κ3) is 4.32. The van der Waals surface area contributed by atoms with Gasteiger partial charge in [0.2, 0.25) is 0 Å². The minimum atomic E-state index is -0.688. The highest BCUT2D eigenvalue weighted by atomic mass is 32.1. The maximum Gasteiger partial charge on any atom is 0.315 e. The second-order valence-electron chi connectivity index (χ2n) is 6.25. The van der Waals surface area contributed by atoms with E-state index in [0.717, 1.165) is 21.2 Å². The highest BCUT2D eigenvalue weighted by molar-refractivity contribution is 7.17. The lowest BCUT2D eigenvalue weighted by Gasteiger charge is -2.22. The number of carbonyl (C=O) groups excluding carboxylic acids is 1. The molecule has 0 N–H and O–H groups in total. The van der Waals surface area contributed by atoms with Gasteiger partial charge in [-0.3, -0.25) is 4.79 Å².